The average molecular weight is 284 g/mol. The topological polar surface area (TPSA) is 29.5 Å². The molecular weight excluding hydrogens is 260 g/mol. The highest BCUT2D eigenvalue weighted by molar-refractivity contribution is 5.89. The molecular formula is C19H24O2. The molecule has 0 aliphatic rings. The minimum atomic E-state index is -0.523. The second-order valence-electron chi connectivity index (χ2n) is 5.37. The molecule has 0 spiro atoms. The summed E-state index contributed by atoms with van der Waals surface area (Å²) in [5.41, 5.74) is 0.861. The summed E-state index contributed by atoms with van der Waals surface area (Å²) in [6, 6.07) is 12.1. The summed E-state index contributed by atoms with van der Waals surface area (Å²) in [7, 11) is 0. The Morgan fingerprint density at radius 1 is 1.14 bits per heavy atom. The molecule has 1 atom stereocenters. The van der Waals surface area contributed by atoms with Crippen molar-refractivity contribution in [3.63, 3.8) is 0 Å². The van der Waals surface area contributed by atoms with Crippen LogP contribution in [0.15, 0.2) is 49.1 Å². The van der Waals surface area contributed by atoms with Crippen molar-refractivity contribution in [3.05, 3.63) is 54.6 Å². The number of aliphatic hydroxyl groups is 1. The molecule has 0 heterocycles. The second kappa shape index (κ2) is 7.84. The lowest BCUT2D eigenvalue weighted by atomic mass is 10.0. The van der Waals surface area contributed by atoms with Crippen molar-refractivity contribution in [1.82, 2.24) is 0 Å². The first kappa shape index (κ1) is 15.6. The van der Waals surface area contributed by atoms with E-state index < -0.39 is 6.10 Å². The van der Waals surface area contributed by atoms with Crippen molar-refractivity contribution >= 4 is 10.8 Å². The van der Waals surface area contributed by atoms with Crippen molar-refractivity contribution < 1.29 is 9.84 Å². The van der Waals surface area contributed by atoms with E-state index in [0.29, 0.717) is 6.61 Å². The summed E-state index contributed by atoms with van der Waals surface area (Å²) in [6.07, 6.45) is 5.82. The van der Waals surface area contributed by atoms with E-state index in [4.69, 9.17) is 4.74 Å². The van der Waals surface area contributed by atoms with E-state index in [2.05, 4.69) is 12.6 Å². The van der Waals surface area contributed by atoms with Crippen LogP contribution in [-0.2, 0) is 0 Å². The lowest BCUT2D eigenvalue weighted by molar-refractivity contribution is 0.191. The van der Waals surface area contributed by atoms with Crippen molar-refractivity contribution in [2.24, 2.45) is 0 Å². The van der Waals surface area contributed by atoms with E-state index in [1.54, 1.807) is 6.92 Å². The third-order valence-electron chi connectivity index (χ3n) is 3.66. The summed E-state index contributed by atoms with van der Waals surface area (Å²) >= 11 is 0. The zero-order chi connectivity index (χ0) is 15.1. The van der Waals surface area contributed by atoms with Gasteiger partial charge in [0.1, 0.15) is 5.75 Å². The molecule has 0 saturated carbocycles. The number of benzene rings is 2. The molecule has 21 heavy (non-hydrogen) atoms. The molecule has 0 bridgehead atoms. The second-order valence-corrected chi connectivity index (χ2v) is 5.37. The Labute approximate surface area is 127 Å². The first-order valence-electron chi connectivity index (χ1n) is 7.67. The molecule has 2 aromatic rings. The predicted molar refractivity (Wildman–Crippen MR) is 88.7 cm³/mol. The van der Waals surface area contributed by atoms with Crippen molar-refractivity contribution in [3.8, 4) is 5.75 Å². The monoisotopic (exact) mass is 284 g/mol. The summed E-state index contributed by atoms with van der Waals surface area (Å²) < 4.78 is 6.01. The molecule has 0 unspecified atom stereocenters. The van der Waals surface area contributed by atoms with E-state index in [-0.39, 0.29) is 0 Å². The molecule has 2 nitrogen and oxygen atoms in total. The number of ether oxygens (including phenoxy) is 1. The summed E-state index contributed by atoms with van der Waals surface area (Å²) in [4.78, 5) is 0. The van der Waals surface area contributed by atoms with Crippen LogP contribution in [0.3, 0.4) is 0 Å². The van der Waals surface area contributed by atoms with Gasteiger partial charge in [-0.05, 0) is 38.0 Å². The molecule has 0 aliphatic carbocycles. The van der Waals surface area contributed by atoms with Gasteiger partial charge in [-0.2, -0.15) is 0 Å². The van der Waals surface area contributed by atoms with E-state index in [9.17, 15) is 5.11 Å². The number of fused-ring (bicyclic) bond motifs is 1. The van der Waals surface area contributed by atoms with E-state index in [0.717, 1.165) is 47.8 Å². The van der Waals surface area contributed by atoms with E-state index in [1.807, 2.05) is 36.4 Å². The summed E-state index contributed by atoms with van der Waals surface area (Å²) in [5, 5.41) is 12.2. The Kier molecular flexibility index (Phi) is 5.82. The van der Waals surface area contributed by atoms with Gasteiger partial charge in [0.2, 0.25) is 0 Å². The lowest BCUT2D eigenvalue weighted by Crippen LogP contribution is -2.03. The van der Waals surface area contributed by atoms with Crippen LogP contribution in [-0.4, -0.2) is 11.7 Å². The number of unbranched alkanes of at least 4 members (excludes halogenated alkanes) is 3. The maximum Gasteiger partial charge on any atom is 0.132 e. The smallest absolute Gasteiger partial charge is 0.132 e. The van der Waals surface area contributed by atoms with Gasteiger partial charge in [-0.15, -0.1) is 6.58 Å². The van der Waals surface area contributed by atoms with Crippen LogP contribution in [0.2, 0.25) is 0 Å². The average Bonchev–Trinajstić information content (AvgIpc) is 2.50. The number of aliphatic hydroxyl groups excluding tert-OH is 1. The Bertz CT molecular complexity index is 587. The van der Waals surface area contributed by atoms with Gasteiger partial charge in [0, 0.05) is 10.9 Å². The van der Waals surface area contributed by atoms with Crippen LogP contribution in [0, 0.1) is 0 Å². The fourth-order valence-electron chi connectivity index (χ4n) is 2.49. The Balaban J connectivity index is 2.12. The maximum absolute atomic E-state index is 9.95. The van der Waals surface area contributed by atoms with Gasteiger partial charge in [-0.1, -0.05) is 42.5 Å². The Hall–Kier alpha value is -1.80. The van der Waals surface area contributed by atoms with Crippen LogP contribution in [0.25, 0.3) is 10.8 Å². The third kappa shape index (κ3) is 4.08. The lowest BCUT2D eigenvalue weighted by Gasteiger charge is -2.16. The minimum Gasteiger partial charge on any atom is -0.493 e. The van der Waals surface area contributed by atoms with Crippen LogP contribution in [0.1, 0.15) is 44.3 Å². The number of hydrogen-bond acceptors (Lipinski definition) is 2. The van der Waals surface area contributed by atoms with Crippen LogP contribution >= 0.6 is 0 Å². The van der Waals surface area contributed by atoms with Gasteiger partial charge in [-0.25, -0.2) is 0 Å². The molecule has 0 saturated heterocycles. The first-order valence-corrected chi connectivity index (χ1v) is 7.67. The molecule has 0 fully saturated rings. The summed E-state index contributed by atoms with van der Waals surface area (Å²) in [6.45, 7) is 6.20. The molecule has 0 aliphatic heterocycles. The van der Waals surface area contributed by atoms with Gasteiger partial charge in [0.05, 0.1) is 12.7 Å². The Morgan fingerprint density at radius 3 is 2.71 bits per heavy atom. The minimum absolute atomic E-state index is 0.523. The maximum atomic E-state index is 9.95. The highest BCUT2D eigenvalue weighted by atomic mass is 16.5. The van der Waals surface area contributed by atoms with Gasteiger partial charge >= 0.3 is 0 Å². The molecule has 2 aromatic carbocycles. The number of allylic oxidation sites excluding steroid dienone is 1. The standard InChI is InChI=1S/C19H24O2/c1-3-4-5-6-9-14-21-19-17(15(2)20)13-12-16-10-7-8-11-18(16)19/h3,7-8,10-13,15,20H,1,4-6,9,14H2,2H3/t15-/m0/s1. The van der Waals surface area contributed by atoms with Gasteiger partial charge in [0.15, 0.2) is 0 Å². The van der Waals surface area contributed by atoms with Gasteiger partial charge in [0.25, 0.3) is 0 Å². The third-order valence-corrected chi connectivity index (χ3v) is 3.66. The molecule has 0 radical (unpaired) electrons. The highest BCUT2D eigenvalue weighted by Gasteiger charge is 2.12. The summed E-state index contributed by atoms with van der Waals surface area (Å²) in [5.74, 6) is 0.826. The molecule has 1 N–H and O–H groups in total. The SMILES string of the molecule is C=CCCCCCOc1c([C@H](C)O)ccc2ccccc12. The van der Waals surface area contributed by atoms with Gasteiger partial charge < -0.3 is 9.84 Å². The van der Waals surface area contributed by atoms with E-state index >= 15 is 0 Å². The molecule has 2 heteroatoms. The molecule has 0 aromatic heterocycles. The molecule has 2 rings (SSSR count). The van der Waals surface area contributed by atoms with Crippen LogP contribution in [0.5, 0.6) is 5.75 Å². The zero-order valence-corrected chi connectivity index (χ0v) is 12.7. The van der Waals surface area contributed by atoms with E-state index in [1.165, 1.54) is 0 Å². The Morgan fingerprint density at radius 2 is 1.95 bits per heavy atom. The van der Waals surface area contributed by atoms with Crippen molar-refractivity contribution in [2.75, 3.05) is 6.61 Å². The quantitative estimate of drug-likeness (QED) is 0.545. The van der Waals surface area contributed by atoms with Crippen molar-refractivity contribution in [1.29, 1.82) is 0 Å². The first-order chi connectivity index (χ1) is 10.2. The molecule has 0 amide bonds. The number of hydrogen-bond donors (Lipinski definition) is 1. The fourth-order valence-corrected chi connectivity index (χ4v) is 2.49. The van der Waals surface area contributed by atoms with Crippen LogP contribution in [0.4, 0.5) is 0 Å². The fraction of sp³-hybridized carbons (Fsp3) is 0.368. The van der Waals surface area contributed by atoms with Gasteiger partial charge in [-0.3, -0.25) is 0 Å². The highest BCUT2D eigenvalue weighted by Crippen LogP contribution is 2.33. The molecule has 112 valence electrons. The normalized spacial score (nSPS) is 12.3. The number of rotatable bonds is 8. The zero-order valence-electron chi connectivity index (χ0n) is 12.7. The largest absolute Gasteiger partial charge is 0.493 e. The van der Waals surface area contributed by atoms with Crippen LogP contribution < -0.4 is 4.74 Å². The predicted octanol–water partition coefficient (Wildman–Crippen LogP) is 5.02. The van der Waals surface area contributed by atoms with Crippen molar-refractivity contribution in [2.45, 2.75) is 38.7 Å².